The van der Waals surface area contributed by atoms with E-state index in [1.165, 1.54) is 18.6 Å². The molecule has 3 rings (SSSR count). The van der Waals surface area contributed by atoms with Crippen molar-refractivity contribution < 1.29 is 19.1 Å². The van der Waals surface area contributed by atoms with Crippen molar-refractivity contribution in [2.45, 2.75) is 6.92 Å². The lowest BCUT2D eigenvalue weighted by molar-refractivity contribution is 0.0728. The van der Waals surface area contributed by atoms with E-state index < -0.39 is 5.97 Å². The first-order chi connectivity index (χ1) is 14.6. The van der Waals surface area contributed by atoms with Gasteiger partial charge in [0.05, 0.1) is 23.4 Å². The predicted octanol–water partition coefficient (Wildman–Crippen LogP) is 4.12. The Kier molecular flexibility index (Phi) is 7.13. The Balaban J connectivity index is 1.72. The highest BCUT2D eigenvalue weighted by Crippen LogP contribution is 2.29. The Labute approximate surface area is 178 Å². The van der Waals surface area contributed by atoms with Gasteiger partial charge in [-0.15, -0.1) is 0 Å². The molecule has 7 nitrogen and oxygen atoms in total. The molecule has 152 valence electrons. The quantitative estimate of drug-likeness (QED) is 0.267. The van der Waals surface area contributed by atoms with Crippen LogP contribution in [0, 0.1) is 0 Å². The molecular weight excluding hydrogens is 406 g/mol. The van der Waals surface area contributed by atoms with Gasteiger partial charge in [0, 0.05) is 18.0 Å². The van der Waals surface area contributed by atoms with Crippen LogP contribution in [-0.2, 0) is 0 Å². The van der Waals surface area contributed by atoms with Gasteiger partial charge in [-0.3, -0.25) is 9.78 Å². The predicted molar refractivity (Wildman–Crippen MR) is 113 cm³/mol. The van der Waals surface area contributed by atoms with Crippen molar-refractivity contribution in [3.8, 4) is 11.5 Å². The highest BCUT2D eigenvalue weighted by atomic mass is 35.5. The van der Waals surface area contributed by atoms with E-state index in [1.807, 2.05) is 6.92 Å². The van der Waals surface area contributed by atoms with Gasteiger partial charge in [0.25, 0.3) is 5.91 Å². The number of nitrogens with one attached hydrogen (secondary N) is 1. The molecule has 1 N–H and O–H groups in total. The number of carbonyl (C=O) groups is 2. The Hall–Kier alpha value is -3.71. The molecule has 0 spiro atoms. The number of esters is 1. The van der Waals surface area contributed by atoms with Gasteiger partial charge in [-0.05, 0) is 55.0 Å². The van der Waals surface area contributed by atoms with Crippen molar-refractivity contribution in [2.75, 3.05) is 6.61 Å². The van der Waals surface area contributed by atoms with E-state index in [0.717, 1.165) is 0 Å². The van der Waals surface area contributed by atoms with Crippen LogP contribution in [0.15, 0.2) is 72.1 Å². The molecule has 0 atom stereocenters. The third-order valence-electron chi connectivity index (χ3n) is 3.89. The molecule has 3 aromatic rings. The molecule has 8 heteroatoms. The molecule has 0 unspecified atom stereocenters. The Morgan fingerprint density at radius 1 is 1.10 bits per heavy atom. The molecule has 1 aromatic heterocycles. The minimum Gasteiger partial charge on any atom is -0.490 e. The van der Waals surface area contributed by atoms with Gasteiger partial charge in [-0.2, -0.15) is 5.10 Å². The number of hydrogen-bond acceptors (Lipinski definition) is 6. The molecule has 0 radical (unpaired) electrons. The number of nitrogens with zero attached hydrogens (tertiary/aromatic N) is 2. The Morgan fingerprint density at radius 3 is 2.60 bits per heavy atom. The molecule has 2 aromatic carbocycles. The fraction of sp³-hybridized carbons (Fsp3) is 0.0909. The van der Waals surface area contributed by atoms with Crippen LogP contribution in [0.25, 0.3) is 0 Å². The number of hydrazone groups is 1. The van der Waals surface area contributed by atoms with Crippen molar-refractivity contribution in [1.82, 2.24) is 10.4 Å². The van der Waals surface area contributed by atoms with E-state index in [1.54, 1.807) is 54.6 Å². The van der Waals surface area contributed by atoms with Gasteiger partial charge in [0.15, 0.2) is 11.5 Å². The lowest BCUT2D eigenvalue weighted by atomic mass is 10.2. The number of rotatable bonds is 7. The number of halogens is 1. The van der Waals surface area contributed by atoms with E-state index in [9.17, 15) is 9.59 Å². The lowest BCUT2D eigenvalue weighted by Crippen LogP contribution is -2.17. The maximum absolute atomic E-state index is 12.4. The molecule has 1 heterocycles. The Morgan fingerprint density at radius 2 is 1.87 bits per heavy atom. The first-order valence-corrected chi connectivity index (χ1v) is 9.43. The van der Waals surface area contributed by atoms with Crippen LogP contribution < -0.4 is 14.9 Å². The zero-order valence-electron chi connectivity index (χ0n) is 16.0. The fourth-order valence-corrected chi connectivity index (χ4v) is 2.69. The van der Waals surface area contributed by atoms with Crippen LogP contribution in [0.5, 0.6) is 11.5 Å². The second-order valence-electron chi connectivity index (χ2n) is 5.94. The molecule has 0 fully saturated rings. The molecule has 0 saturated heterocycles. The van der Waals surface area contributed by atoms with Gasteiger partial charge >= 0.3 is 5.97 Å². The highest BCUT2D eigenvalue weighted by molar-refractivity contribution is 6.33. The summed E-state index contributed by atoms with van der Waals surface area (Å²) in [6, 6.07) is 14.7. The molecule has 0 aliphatic carbocycles. The van der Waals surface area contributed by atoms with Gasteiger partial charge in [-0.25, -0.2) is 10.2 Å². The number of ether oxygens (including phenoxy) is 2. The van der Waals surface area contributed by atoms with E-state index in [0.29, 0.717) is 28.5 Å². The van der Waals surface area contributed by atoms with E-state index >= 15 is 0 Å². The van der Waals surface area contributed by atoms with Crippen molar-refractivity contribution in [3.63, 3.8) is 0 Å². The molecular formula is C22H18ClN3O4. The topological polar surface area (TPSA) is 89.9 Å². The second kappa shape index (κ2) is 10.2. The second-order valence-corrected chi connectivity index (χ2v) is 6.35. The third kappa shape index (κ3) is 5.42. The van der Waals surface area contributed by atoms with E-state index in [2.05, 4.69) is 15.5 Å². The molecule has 0 saturated carbocycles. The number of carbonyl (C=O) groups excluding carboxylic acids is 2. The smallest absolute Gasteiger partial charge is 0.345 e. The van der Waals surface area contributed by atoms with Crippen LogP contribution in [-0.4, -0.2) is 29.7 Å². The van der Waals surface area contributed by atoms with E-state index in [-0.39, 0.29) is 17.2 Å². The number of benzene rings is 2. The molecule has 1 amide bonds. The van der Waals surface area contributed by atoms with Crippen molar-refractivity contribution in [3.05, 3.63) is 88.7 Å². The number of pyridine rings is 1. The zero-order chi connectivity index (χ0) is 21.3. The Bertz CT molecular complexity index is 1070. The number of aromatic nitrogens is 1. The van der Waals surface area contributed by atoms with Gasteiger partial charge in [-0.1, -0.05) is 23.7 Å². The van der Waals surface area contributed by atoms with Gasteiger partial charge in [0.1, 0.15) is 0 Å². The summed E-state index contributed by atoms with van der Waals surface area (Å²) in [6.45, 7) is 2.19. The summed E-state index contributed by atoms with van der Waals surface area (Å²) < 4.78 is 11.0. The first-order valence-electron chi connectivity index (χ1n) is 9.05. The van der Waals surface area contributed by atoms with Crippen LogP contribution in [0.4, 0.5) is 0 Å². The maximum atomic E-state index is 12.4. The standard InChI is InChI=1S/C22H18ClN3O4/c1-2-29-20-13-15(14-25-26-21(27)16-9-11-24-12-10-16)7-8-19(20)30-22(28)17-5-3-4-6-18(17)23/h3-14H,2H2,1H3,(H,26,27)/b25-14+. The van der Waals surface area contributed by atoms with Crippen molar-refractivity contribution in [2.24, 2.45) is 5.10 Å². The minimum atomic E-state index is -0.590. The minimum absolute atomic E-state index is 0.250. The average molecular weight is 424 g/mol. The highest BCUT2D eigenvalue weighted by Gasteiger charge is 2.15. The average Bonchev–Trinajstić information content (AvgIpc) is 2.76. The SMILES string of the molecule is CCOc1cc(/C=N/NC(=O)c2ccncc2)ccc1OC(=O)c1ccccc1Cl. The largest absolute Gasteiger partial charge is 0.490 e. The summed E-state index contributed by atoms with van der Waals surface area (Å²) >= 11 is 6.05. The normalized spacial score (nSPS) is 10.6. The summed E-state index contributed by atoms with van der Waals surface area (Å²) in [5, 5.41) is 4.24. The number of hydrogen-bond donors (Lipinski definition) is 1. The van der Waals surface area contributed by atoms with Gasteiger partial charge in [0.2, 0.25) is 0 Å². The lowest BCUT2D eigenvalue weighted by Gasteiger charge is -2.12. The zero-order valence-corrected chi connectivity index (χ0v) is 16.8. The summed E-state index contributed by atoms with van der Waals surface area (Å²) in [6.07, 6.45) is 4.51. The van der Waals surface area contributed by atoms with E-state index in [4.69, 9.17) is 21.1 Å². The number of amides is 1. The van der Waals surface area contributed by atoms with Crippen LogP contribution in [0.3, 0.4) is 0 Å². The first kappa shape index (κ1) is 21.0. The molecule has 0 aliphatic rings. The molecule has 0 bridgehead atoms. The van der Waals surface area contributed by atoms with Crippen LogP contribution >= 0.6 is 11.6 Å². The van der Waals surface area contributed by atoms with Crippen LogP contribution in [0.2, 0.25) is 5.02 Å². The fourth-order valence-electron chi connectivity index (χ4n) is 2.47. The third-order valence-corrected chi connectivity index (χ3v) is 4.22. The molecule has 0 aliphatic heterocycles. The van der Waals surface area contributed by atoms with Crippen molar-refractivity contribution >= 4 is 29.7 Å². The van der Waals surface area contributed by atoms with Crippen LogP contribution in [0.1, 0.15) is 33.2 Å². The van der Waals surface area contributed by atoms with Crippen molar-refractivity contribution in [1.29, 1.82) is 0 Å². The summed E-state index contributed by atoms with van der Waals surface area (Å²) in [7, 11) is 0. The summed E-state index contributed by atoms with van der Waals surface area (Å²) in [5.41, 5.74) is 3.78. The molecule has 30 heavy (non-hydrogen) atoms. The summed E-state index contributed by atoms with van der Waals surface area (Å²) in [5.74, 6) is -0.335. The monoisotopic (exact) mass is 423 g/mol. The maximum Gasteiger partial charge on any atom is 0.345 e. The van der Waals surface area contributed by atoms with Gasteiger partial charge < -0.3 is 9.47 Å². The summed E-state index contributed by atoms with van der Waals surface area (Å²) in [4.78, 5) is 28.3.